The number of H-pyrrole nitrogens is 1. The number of primary amides is 1. The molecular formula is C21H24N4O3. The van der Waals surface area contributed by atoms with Crippen molar-refractivity contribution in [2.45, 2.75) is 18.8 Å². The van der Waals surface area contributed by atoms with Crippen molar-refractivity contribution in [3.8, 4) is 11.5 Å². The number of amides is 1. The molecule has 0 radical (unpaired) electrons. The van der Waals surface area contributed by atoms with E-state index in [1.165, 1.54) is 5.56 Å². The van der Waals surface area contributed by atoms with Crippen molar-refractivity contribution in [3.63, 3.8) is 0 Å². The average molecular weight is 380 g/mol. The number of nitrogens with two attached hydrogens (primary N) is 1. The molecule has 1 saturated heterocycles. The molecule has 1 fully saturated rings. The molecular weight excluding hydrogens is 356 g/mol. The molecule has 28 heavy (non-hydrogen) atoms. The van der Waals surface area contributed by atoms with Crippen LogP contribution in [0.4, 0.5) is 4.79 Å². The first kappa shape index (κ1) is 18.3. The molecule has 146 valence electrons. The maximum absolute atomic E-state index is 11.1. The zero-order chi connectivity index (χ0) is 19.5. The predicted molar refractivity (Wildman–Crippen MR) is 107 cm³/mol. The Morgan fingerprint density at radius 1 is 1.29 bits per heavy atom. The molecule has 7 heteroatoms. The lowest BCUT2D eigenvalue weighted by atomic mass is 10.1. The molecule has 1 unspecified atom stereocenters. The van der Waals surface area contributed by atoms with Gasteiger partial charge in [-0.2, -0.15) is 0 Å². The minimum atomic E-state index is -0.831. The third-order valence-corrected chi connectivity index (χ3v) is 5.24. The maximum atomic E-state index is 11.1. The number of carbonyl (C=O) groups excluding carboxylic acids is 1. The largest absolute Gasteiger partial charge is 0.497 e. The van der Waals surface area contributed by atoms with Crippen LogP contribution in [0.2, 0.25) is 0 Å². The summed E-state index contributed by atoms with van der Waals surface area (Å²) in [6.45, 7) is 3.02. The molecule has 0 aliphatic carbocycles. The zero-order valence-corrected chi connectivity index (χ0v) is 15.9. The Bertz CT molecular complexity index is 967. The van der Waals surface area contributed by atoms with Crippen LogP contribution in [-0.4, -0.2) is 47.7 Å². The van der Waals surface area contributed by atoms with Gasteiger partial charge in [0.15, 0.2) is 5.75 Å². The second-order valence-electron chi connectivity index (χ2n) is 7.08. The number of imidazole rings is 1. The smallest absolute Gasteiger partial charge is 0.410 e. The fourth-order valence-corrected chi connectivity index (χ4v) is 3.75. The summed E-state index contributed by atoms with van der Waals surface area (Å²) >= 11 is 0. The number of hydrogen-bond donors (Lipinski definition) is 2. The number of likely N-dealkylation sites (tertiary alicyclic amines) is 1. The number of methoxy groups -OCH3 is 1. The molecule has 0 bridgehead atoms. The normalized spacial score (nSPS) is 17.1. The van der Waals surface area contributed by atoms with Crippen LogP contribution in [0, 0.1) is 0 Å². The van der Waals surface area contributed by atoms with Gasteiger partial charge in [0.05, 0.1) is 12.6 Å². The van der Waals surface area contributed by atoms with Crippen LogP contribution < -0.4 is 15.2 Å². The Balaban J connectivity index is 1.40. The summed E-state index contributed by atoms with van der Waals surface area (Å²) in [5.74, 6) is 2.54. The Morgan fingerprint density at radius 2 is 2.11 bits per heavy atom. The first-order valence-corrected chi connectivity index (χ1v) is 9.43. The Morgan fingerprint density at radius 3 is 2.86 bits per heavy atom. The highest BCUT2D eigenvalue weighted by Crippen LogP contribution is 2.30. The summed E-state index contributed by atoms with van der Waals surface area (Å²) < 4.78 is 10.3. The fraction of sp³-hybridized carbons (Fsp3) is 0.333. The van der Waals surface area contributed by atoms with Crippen molar-refractivity contribution < 1.29 is 14.3 Å². The maximum Gasteiger partial charge on any atom is 0.410 e. The Labute approximate surface area is 163 Å². The van der Waals surface area contributed by atoms with Gasteiger partial charge >= 0.3 is 6.09 Å². The van der Waals surface area contributed by atoms with Gasteiger partial charge in [0.25, 0.3) is 0 Å². The highest BCUT2D eigenvalue weighted by atomic mass is 16.5. The lowest BCUT2D eigenvalue weighted by Crippen LogP contribution is -2.23. The summed E-state index contributed by atoms with van der Waals surface area (Å²) in [6, 6.07) is 13.7. The number of aromatic nitrogens is 2. The van der Waals surface area contributed by atoms with E-state index in [2.05, 4.69) is 22.0 Å². The van der Waals surface area contributed by atoms with E-state index in [9.17, 15) is 4.79 Å². The van der Waals surface area contributed by atoms with Crippen LogP contribution in [0.3, 0.4) is 0 Å². The van der Waals surface area contributed by atoms with E-state index in [0.29, 0.717) is 17.2 Å². The van der Waals surface area contributed by atoms with Gasteiger partial charge in [-0.1, -0.05) is 18.2 Å². The Hall–Kier alpha value is -3.06. The van der Waals surface area contributed by atoms with Crippen LogP contribution in [0.5, 0.6) is 11.5 Å². The topological polar surface area (TPSA) is 93.5 Å². The number of carbonyl (C=O) groups is 1. The lowest BCUT2D eigenvalue weighted by Gasteiger charge is -2.15. The third kappa shape index (κ3) is 3.94. The van der Waals surface area contributed by atoms with E-state index in [0.717, 1.165) is 49.6 Å². The molecule has 0 spiro atoms. The minimum absolute atomic E-state index is 0.338. The predicted octanol–water partition coefficient (Wildman–Crippen LogP) is 3.06. The SMILES string of the molecule is COc1ccc(CCN2CCC(c3nc4c(OC(N)=O)cccc4[nH]3)C2)cc1. The van der Waals surface area contributed by atoms with E-state index in [1.807, 2.05) is 24.3 Å². The van der Waals surface area contributed by atoms with Crippen LogP contribution in [0.15, 0.2) is 42.5 Å². The first-order valence-electron chi connectivity index (χ1n) is 9.43. The summed E-state index contributed by atoms with van der Waals surface area (Å²) in [6.07, 6.45) is 1.23. The van der Waals surface area contributed by atoms with Gasteiger partial charge in [-0.05, 0) is 49.2 Å². The van der Waals surface area contributed by atoms with E-state index < -0.39 is 6.09 Å². The average Bonchev–Trinajstić information content (AvgIpc) is 3.33. The van der Waals surface area contributed by atoms with Gasteiger partial charge in [-0.15, -0.1) is 0 Å². The van der Waals surface area contributed by atoms with Crippen molar-refractivity contribution >= 4 is 17.1 Å². The standard InChI is InChI=1S/C21H24N4O3/c1-27-16-7-5-14(6-8-16)9-11-25-12-10-15(13-25)20-23-17-3-2-4-18(19(17)24-20)28-21(22)26/h2-8,15H,9-13H2,1H3,(H2,22,26)(H,23,24). The molecule has 1 atom stereocenters. The number of ether oxygens (including phenoxy) is 2. The summed E-state index contributed by atoms with van der Waals surface area (Å²) in [7, 11) is 1.68. The molecule has 2 heterocycles. The van der Waals surface area contributed by atoms with Crippen molar-refractivity contribution in [3.05, 3.63) is 53.9 Å². The first-order chi connectivity index (χ1) is 13.6. The zero-order valence-electron chi connectivity index (χ0n) is 15.9. The number of fused-ring (bicyclic) bond motifs is 1. The molecule has 1 aliphatic heterocycles. The number of aromatic amines is 1. The molecule has 2 aromatic carbocycles. The van der Waals surface area contributed by atoms with Crippen LogP contribution in [0.1, 0.15) is 23.7 Å². The third-order valence-electron chi connectivity index (χ3n) is 5.24. The molecule has 1 aromatic heterocycles. The number of hydrogen-bond acceptors (Lipinski definition) is 5. The van der Waals surface area contributed by atoms with Crippen molar-refractivity contribution in [1.82, 2.24) is 14.9 Å². The molecule has 1 aliphatic rings. The number of benzene rings is 2. The van der Waals surface area contributed by atoms with Crippen LogP contribution in [0.25, 0.3) is 11.0 Å². The van der Waals surface area contributed by atoms with Crippen LogP contribution in [-0.2, 0) is 6.42 Å². The van der Waals surface area contributed by atoms with E-state index in [-0.39, 0.29) is 0 Å². The monoisotopic (exact) mass is 380 g/mol. The van der Waals surface area contributed by atoms with Gasteiger partial charge in [-0.25, -0.2) is 9.78 Å². The molecule has 3 N–H and O–H groups in total. The van der Waals surface area contributed by atoms with E-state index >= 15 is 0 Å². The number of rotatable bonds is 6. The molecule has 3 aromatic rings. The van der Waals surface area contributed by atoms with Gasteiger partial charge in [0.1, 0.15) is 17.1 Å². The second-order valence-corrected chi connectivity index (χ2v) is 7.08. The van der Waals surface area contributed by atoms with Gasteiger partial charge < -0.3 is 25.1 Å². The van der Waals surface area contributed by atoms with Crippen LogP contribution >= 0.6 is 0 Å². The second kappa shape index (κ2) is 7.90. The van der Waals surface area contributed by atoms with Crippen molar-refractivity contribution in [2.75, 3.05) is 26.7 Å². The highest BCUT2D eigenvalue weighted by molar-refractivity contribution is 5.84. The number of nitrogens with zero attached hydrogens (tertiary/aromatic N) is 2. The summed E-state index contributed by atoms with van der Waals surface area (Å²) in [5.41, 5.74) is 7.95. The number of nitrogens with one attached hydrogen (secondary N) is 1. The Kier molecular flexibility index (Phi) is 5.16. The van der Waals surface area contributed by atoms with Gasteiger partial charge in [-0.3, -0.25) is 0 Å². The summed E-state index contributed by atoms with van der Waals surface area (Å²) in [5, 5.41) is 0. The quantitative estimate of drug-likeness (QED) is 0.685. The molecule has 4 rings (SSSR count). The minimum Gasteiger partial charge on any atom is -0.497 e. The number of para-hydroxylation sites is 1. The lowest BCUT2D eigenvalue weighted by molar-refractivity contribution is 0.211. The highest BCUT2D eigenvalue weighted by Gasteiger charge is 2.26. The fourth-order valence-electron chi connectivity index (χ4n) is 3.75. The molecule has 1 amide bonds. The van der Waals surface area contributed by atoms with Crippen molar-refractivity contribution in [1.29, 1.82) is 0 Å². The molecule has 7 nitrogen and oxygen atoms in total. The van der Waals surface area contributed by atoms with Crippen molar-refractivity contribution in [2.24, 2.45) is 5.73 Å². The van der Waals surface area contributed by atoms with E-state index in [4.69, 9.17) is 20.2 Å². The molecule has 0 saturated carbocycles. The van der Waals surface area contributed by atoms with Gasteiger partial charge in [0.2, 0.25) is 0 Å². The van der Waals surface area contributed by atoms with Gasteiger partial charge in [0, 0.05) is 19.0 Å². The summed E-state index contributed by atoms with van der Waals surface area (Å²) in [4.78, 5) is 21.6. The van der Waals surface area contributed by atoms with E-state index in [1.54, 1.807) is 13.2 Å².